The number of benzene rings is 2. The summed E-state index contributed by atoms with van der Waals surface area (Å²) in [5.41, 5.74) is 15.1. The van der Waals surface area contributed by atoms with Crippen LogP contribution in [-0.2, 0) is 13.0 Å². The first-order chi connectivity index (χ1) is 12.4. The van der Waals surface area contributed by atoms with Gasteiger partial charge in [-0.1, -0.05) is 6.07 Å². The molecule has 4 rings (SSSR count). The number of fused-ring (bicyclic) bond motifs is 1. The van der Waals surface area contributed by atoms with Crippen LogP contribution in [0.1, 0.15) is 27.8 Å². The van der Waals surface area contributed by atoms with Crippen molar-refractivity contribution >= 4 is 11.6 Å². The SMILES string of the molecule is Cc1cc(N2CCc3cc(F)ccc3C2)cc(C)c1-c1c(C)coc1N. The first-order valence-corrected chi connectivity index (χ1v) is 8.91. The van der Waals surface area contributed by atoms with E-state index in [-0.39, 0.29) is 5.82 Å². The molecule has 1 aliphatic rings. The number of nitrogen functional groups attached to an aromatic ring is 1. The van der Waals surface area contributed by atoms with Crippen LogP contribution in [0.15, 0.2) is 41.0 Å². The van der Waals surface area contributed by atoms with Crippen molar-refractivity contribution in [3.63, 3.8) is 0 Å². The van der Waals surface area contributed by atoms with Crippen molar-refractivity contribution in [2.45, 2.75) is 33.7 Å². The predicted molar refractivity (Wildman–Crippen MR) is 104 cm³/mol. The topological polar surface area (TPSA) is 42.4 Å². The molecule has 0 bridgehead atoms. The zero-order valence-corrected chi connectivity index (χ0v) is 15.4. The molecule has 0 unspecified atom stereocenters. The number of rotatable bonds is 2. The van der Waals surface area contributed by atoms with Crippen molar-refractivity contribution in [1.82, 2.24) is 0 Å². The van der Waals surface area contributed by atoms with E-state index in [1.54, 1.807) is 18.4 Å². The van der Waals surface area contributed by atoms with E-state index in [1.807, 2.05) is 13.0 Å². The zero-order valence-electron chi connectivity index (χ0n) is 15.4. The molecule has 3 nitrogen and oxygen atoms in total. The normalized spacial score (nSPS) is 13.8. The fraction of sp³-hybridized carbons (Fsp3) is 0.273. The van der Waals surface area contributed by atoms with Gasteiger partial charge in [-0.3, -0.25) is 0 Å². The van der Waals surface area contributed by atoms with Crippen molar-refractivity contribution in [2.24, 2.45) is 0 Å². The van der Waals surface area contributed by atoms with Crippen molar-refractivity contribution in [3.05, 3.63) is 70.2 Å². The minimum absolute atomic E-state index is 0.152. The maximum absolute atomic E-state index is 13.4. The number of nitrogens with zero attached hydrogens (tertiary/aromatic N) is 1. The summed E-state index contributed by atoms with van der Waals surface area (Å²) < 4.78 is 18.8. The minimum atomic E-state index is -0.152. The third kappa shape index (κ3) is 2.75. The van der Waals surface area contributed by atoms with E-state index >= 15 is 0 Å². The molecule has 0 aliphatic carbocycles. The highest BCUT2D eigenvalue weighted by Gasteiger charge is 2.20. The maximum atomic E-state index is 13.4. The minimum Gasteiger partial charge on any atom is -0.448 e. The molecule has 0 radical (unpaired) electrons. The van der Waals surface area contributed by atoms with Crippen molar-refractivity contribution in [1.29, 1.82) is 0 Å². The summed E-state index contributed by atoms with van der Waals surface area (Å²) >= 11 is 0. The smallest absolute Gasteiger partial charge is 0.198 e. The molecule has 26 heavy (non-hydrogen) atoms. The molecule has 2 N–H and O–H groups in total. The van der Waals surface area contributed by atoms with Gasteiger partial charge in [-0.2, -0.15) is 0 Å². The van der Waals surface area contributed by atoms with E-state index in [1.165, 1.54) is 22.4 Å². The summed E-state index contributed by atoms with van der Waals surface area (Å²) in [6.45, 7) is 7.95. The highest BCUT2D eigenvalue weighted by molar-refractivity contribution is 5.82. The quantitative estimate of drug-likeness (QED) is 0.694. The van der Waals surface area contributed by atoms with Gasteiger partial charge in [0.25, 0.3) is 0 Å². The number of furan rings is 1. The average molecular weight is 350 g/mol. The van der Waals surface area contributed by atoms with Crippen LogP contribution in [0.3, 0.4) is 0 Å². The highest BCUT2D eigenvalue weighted by Crippen LogP contribution is 2.38. The van der Waals surface area contributed by atoms with Crippen LogP contribution in [0.25, 0.3) is 11.1 Å². The fourth-order valence-corrected chi connectivity index (χ4v) is 4.04. The molecule has 0 amide bonds. The first kappa shape index (κ1) is 16.7. The van der Waals surface area contributed by atoms with E-state index in [9.17, 15) is 4.39 Å². The summed E-state index contributed by atoms with van der Waals surface area (Å²) in [6.07, 6.45) is 2.57. The summed E-state index contributed by atoms with van der Waals surface area (Å²) in [5.74, 6) is 0.316. The standard InChI is InChI=1S/C22H23FN2O/c1-13-8-19(9-14(2)20(13)21-15(3)12-26-22(21)24)25-7-6-16-10-18(23)5-4-17(16)11-25/h4-5,8-10,12H,6-7,11,24H2,1-3H3. The number of nitrogens with two attached hydrogens (primary N) is 1. The van der Waals surface area contributed by atoms with Gasteiger partial charge in [-0.25, -0.2) is 4.39 Å². The third-order valence-corrected chi connectivity index (χ3v) is 5.32. The van der Waals surface area contributed by atoms with Crippen molar-refractivity contribution in [3.8, 4) is 11.1 Å². The summed E-state index contributed by atoms with van der Waals surface area (Å²) in [6, 6.07) is 9.54. The van der Waals surface area contributed by atoms with Crippen LogP contribution in [0.2, 0.25) is 0 Å². The lowest BCUT2D eigenvalue weighted by atomic mass is 9.93. The van der Waals surface area contributed by atoms with E-state index in [2.05, 4.69) is 30.9 Å². The Kier molecular flexibility index (Phi) is 3.98. The highest BCUT2D eigenvalue weighted by atomic mass is 19.1. The van der Waals surface area contributed by atoms with Gasteiger partial charge >= 0.3 is 0 Å². The van der Waals surface area contributed by atoms with E-state index in [0.717, 1.165) is 41.8 Å². The average Bonchev–Trinajstić information content (AvgIpc) is 2.93. The largest absolute Gasteiger partial charge is 0.448 e. The Morgan fingerprint density at radius 3 is 2.35 bits per heavy atom. The molecular formula is C22H23FN2O. The van der Waals surface area contributed by atoms with Gasteiger partial charge in [0.15, 0.2) is 5.88 Å². The van der Waals surface area contributed by atoms with Crippen LogP contribution >= 0.6 is 0 Å². The van der Waals surface area contributed by atoms with Crippen molar-refractivity contribution in [2.75, 3.05) is 17.2 Å². The van der Waals surface area contributed by atoms with Crippen LogP contribution in [0, 0.1) is 26.6 Å². The molecule has 0 saturated carbocycles. The van der Waals surface area contributed by atoms with Crippen LogP contribution in [0.4, 0.5) is 16.0 Å². The Balaban J connectivity index is 1.70. The van der Waals surface area contributed by atoms with Gasteiger partial charge in [0.1, 0.15) is 5.82 Å². The van der Waals surface area contributed by atoms with E-state index in [4.69, 9.17) is 10.2 Å². The number of aryl methyl sites for hydroxylation is 3. The van der Waals surface area contributed by atoms with Crippen LogP contribution in [-0.4, -0.2) is 6.54 Å². The van der Waals surface area contributed by atoms with Gasteiger partial charge in [0.2, 0.25) is 0 Å². The molecule has 0 fully saturated rings. The molecule has 134 valence electrons. The zero-order chi connectivity index (χ0) is 18.4. The third-order valence-electron chi connectivity index (χ3n) is 5.32. The lowest BCUT2D eigenvalue weighted by molar-refractivity contribution is 0.586. The van der Waals surface area contributed by atoms with Gasteiger partial charge in [-0.15, -0.1) is 0 Å². The van der Waals surface area contributed by atoms with E-state index in [0.29, 0.717) is 5.88 Å². The summed E-state index contributed by atoms with van der Waals surface area (Å²) in [5, 5.41) is 0. The molecule has 1 aliphatic heterocycles. The molecular weight excluding hydrogens is 327 g/mol. The Hall–Kier alpha value is -2.75. The van der Waals surface area contributed by atoms with Gasteiger partial charge in [0.05, 0.1) is 6.26 Å². The monoisotopic (exact) mass is 350 g/mol. The Bertz CT molecular complexity index is 947. The molecule has 3 aromatic rings. The summed E-state index contributed by atoms with van der Waals surface area (Å²) in [4.78, 5) is 2.36. The maximum Gasteiger partial charge on any atom is 0.198 e. The molecule has 0 spiro atoms. The first-order valence-electron chi connectivity index (χ1n) is 8.91. The predicted octanol–water partition coefficient (Wildman–Crippen LogP) is 5.16. The number of hydrogen-bond acceptors (Lipinski definition) is 3. The van der Waals surface area contributed by atoms with Crippen molar-refractivity contribution < 1.29 is 8.81 Å². The Labute approximate surface area is 153 Å². The Morgan fingerprint density at radius 2 is 1.69 bits per heavy atom. The second-order valence-corrected chi connectivity index (χ2v) is 7.20. The van der Waals surface area contributed by atoms with Crippen LogP contribution in [0.5, 0.6) is 0 Å². The fourth-order valence-electron chi connectivity index (χ4n) is 4.04. The second kappa shape index (κ2) is 6.20. The molecule has 4 heteroatoms. The van der Waals surface area contributed by atoms with Crippen LogP contribution < -0.4 is 10.6 Å². The number of hydrogen-bond donors (Lipinski definition) is 1. The lowest BCUT2D eigenvalue weighted by Gasteiger charge is -2.31. The summed E-state index contributed by atoms with van der Waals surface area (Å²) in [7, 11) is 0. The second-order valence-electron chi connectivity index (χ2n) is 7.20. The lowest BCUT2D eigenvalue weighted by Crippen LogP contribution is -2.30. The molecule has 2 heterocycles. The van der Waals surface area contributed by atoms with Gasteiger partial charge in [0, 0.05) is 24.3 Å². The molecule has 1 aromatic heterocycles. The molecule has 0 atom stereocenters. The van der Waals surface area contributed by atoms with Gasteiger partial charge in [-0.05, 0) is 84.8 Å². The van der Waals surface area contributed by atoms with Gasteiger partial charge < -0.3 is 15.1 Å². The number of halogens is 1. The number of anilines is 2. The Morgan fingerprint density at radius 1 is 0.962 bits per heavy atom. The molecule has 0 saturated heterocycles. The van der Waals surface area contributed by atoms with E-state index < -0.39 is 0 Å². The molecule has 2 aromatic carbocycles.